The molecule has 0 spiro atoms. The minimum absolute atomic E-state index is 0.198. The first-order valence-electron chi connectivity index (χ1n) is 13.2. The Morgan fingerprint density at radius 1 is 1.15 bits per heavy atom. The van der Waals surface area contributed by atoms with Crippen LogP contribution in [-0.2, 0) is 16.0 Å². The molecule has 2 aromatic rings. The fourth-order valence-electron chi connectivity index (χ4n) is 5.72. The molecule has 2 atom stereocenters. The van der Waals surface area contributed by atoms with Gasteiger partial charge in [0.1, 0.15) is 11.9 Å². The third kappa shape index (κ3) is 5.62. The topological polar surface area (TPSA) is 93.5 Å². The van der Waals surface area contributed by atoms with E-state index in [0.29, 0.717) is 23.9 Å². The van der Waals surface area contributed by atoms with Crippen molar-refractivity contribution in [3.05, 3.63) is 29.6 Å². The second kappa shape index (κ2) is 11.3. The van der Waals surface area contributed by atoms with Crippen molar-refractivity contribution in [2.45, 2.75) is 103 Å². The van der Waals surface area contributed by atoms with E-state index >= 15 is 0 Å². The molecule has 1 unspecified atom stereocenters. The number of aliphatic carboxylic acids is 1. The number of ether oxygens (including phenoxy) is 1. The van der Waals surface area contributed by atoms with Crippen LogP contribution in [0.2, 0.25) is 0 Å². The standard InChI is InChI=1S/C27H39N3O4/c1-3-20(4-2)30-24-13-12-19(16-22(24)28-25(30)17-21-11-8-14-34-21)26(31)29-23(27(32)33)15-18-9-6-5-7-10-18/h12-13,16,18,20-21,23H,3-11,14-15,17H2,1-2H3,(H,29,31)(H,32,33)/t21-,23?/m0/s1. The number of carbonyl (C=O) groups is 2. The number of carboxylic acids is 1. The Morgan fingerprint density at radius 2 is 1.91 bits per heavy atom. The number of amides is 1. The van der Waals surface area contributed by atoms with Crippen molar-refractivity contribution >= 4 is 22.9 Å². The van der Waals surface area contributed by atoms with E-state index in [9.17, 15) is 14.7 Å². The zero-order valence-electron chi connectivity index (χ0n) is 20.6. The van der Waals surface area contributed by atoms with Crippen molar-refractivity contribution in [3.8, 4) is 0 Å². The number of benzene rings is 1. The predicted octanol–water partition coefficient (Wildman–Crippen LogP) is 5.27. The Bertz CT molecular complexity index is 985. The van der Waals surface area contributed by atoms with Gasteiger partial charge in [-0.25, -0.2) is 9.78 Å². The highest BCUT2D eigenvalue weighted by Gasteiger charge is 2.27. The Morgan fingerprint density at radius 3 is 2.56 bits per heavy atom. The molecule has 2 heterocycles. The lowest BCUT2D eigenvalue weighted by molar-refractivity contribution is -0.139. The highest BCUT2D eigenvalue weighted by molar-refractivity contribution is 5.99. The van der Waals surface area contributed by atoms with Gasteiger partial charge in [-0.3, -0.25) is 4.79 Å². The molecule has 7 nitrogen and oxygen atoms in total. The molecule has 186 valence electrons. The van der Waals surface area contributed by atoms with Crippen LogP contribution in [0.5, 0.6) is 0 Å². The molecule has 1 aromatic heterocycles. The number of carboxylic acid groups (broad SMARTS) is 1. The first-order valence-corrected chi connectivity index (χ1v) is 13.2. The van der Waals surface area contributed by atoms with Gasteiger partial charge >= 0.3 is 5.97 Å². The number of imidazole rings is 1. The smallest absolute Gasteiger partial charge is 0.326 e. The van der Waals surface area contributed by atoms with Crippen molar-refractivity contribution in [2.24, 2.45) is 5.92 Å². The van der Waals surface area contributed by atoms with E-state index in [2.05, 4.69) is 23.7 Å². The van der Waals surface area contributed by atoms with Gasteiger partial charge in [0.2, 0.25) is 0 Å². The summed E-state index contributed by atoms with van der Waals surface area (Å²) in [7, 11) is 0. The summed E-state index contributed by atoms with van der Waals surface area (Å²) in [4.78, 5) is 29.8. The molecular weight excluding hydrogens is 430 g/mol. The third-order valence-corrected chi connectivity index (χ3v) is 7.66. The molecule has 1 saturated carbocycles. The van der Waals surface area contributed by atoms with Crippen LogP contribution in [0.3, 0.4) is 0 Å². The van der Waals surface area contributed by atoms with Crippen LogP contribution in [0.4, 0.5) is 0 Å². The van der Waals surface area contributed by atoms with Crippen LogP contribution in [0.1, 0.15) is 100 Å². The fourth-order valence-corrected chi connectivity index (χ4v) is 5.72. The van der Waals surface area contributed by atoms with Gasteiger partial charge in [0, 0.05) is 24.6 Å². The van der Waals surface area contributed by atoms with Gasteiger partial charge in [0.15, 0.2) is 0 Å². The van der Waals surface area contributed by atoms with Crippen molar-refractivity contribution < 1.29 is 19.4 Å². The minimum Gasteiger partial charge on any atom is -0.480 e. The lowest BCUT2D eigenvalue weighted by atomic mass is 9.85. The predicted molar refractivity (Wildman–Crippen MR) is 132 cm³/mol. The zero-order chi connectivity index (χ0) is 24.1. The van der Waals surface area contributed by atoms with Gasteiger partial charge in [0.25, 0.3) is 5.91 Å². The third-order valence-electron chi connectivity index (χ3n) is 7.66. The quantitative estimate of drug-likeness (QED) is 0.494. The highest BCUT2D eigenvalue weighted by atomic mass is 16.5. The first kappa shape index (κ1) is 24.7. The lowest BCUT2D eigenvalue weighted by Gasteiger charge is -2.25. The summed E-state index contributed by atoms with van der Waals surface area (Å²) in [5, 5.41) is 12.5. The van der Waals surface area contributed by atoms with E-state index in [1.54, 1.807) is 6.07 Å². The van der Waals surface area contributed by atoms with Crippen LogP contribution in [0, 0.1) is 5.92 Å². The maximum atomic E-state index is 13.0. The molecule has 2 N–H and O–H groups in total. The van der Waals surface area contributed by atoms with Crippen LogP contribution in [0.15, 0.2) is 18.2 Å². The van der Waals surface area contributed by atoms with Crippen molar-refractivity contribution in [3.63, 3.8) is 0 Å². The van der Waals surface area contributed by atoms with Gasteiger partial charge in [0.05, 0.1) is 17.1 Å². The molecule has 7 heteroatoms. The Labute approximate surface area is 202 Å². The summed E-state index contributed by atoms with van der Waals surface area (Å²) < 4.78 is 8.19. The van der Waals surface area contributed by atoms with Gasteiger partial charge in [-0.2, -0.15) is 0 Å². The number of carbonyl (C=O) groups excluding carboxylic acids is 1. The highest BCUT2D eigenvalue weighted by Crippen LogP contribution is 2.30. The summed E-state index contributed by atoms with van der Waals surface area (Å²) in [6.07, 6.45) is 11.2. The normalized spacial score (nSPS) is 20.1. The molecule has 1 saturated heterocycles. The maximum absolute atomic E-state index is 13.0. The second-order valence-electron chi connectivity index (χ2n) is 10.0. The SMILES string of the molecule is CCC(CC)n1c(C[C@@H]2CCCO2)nc2cc(C(=O)NC(CC3CCCCC3)C(=O)O)ccc21. The number of hydrogen-bond acceptors (Lipinski definition) is 4. The number of aromatic nitrogens is 2. The van der Waals surface area contributed by atoms with Crippen LogP contribution in [-0.4, -0.2) is 45.3 Å². The van der Waals surface area contributed by atoms with E-state index < -0.39 is 12.0 Å². The lowest BCUT2D eigenvalue weighted by Crippen LogP contribution is -2.42. The second-order valence-corrected chi connectivity index (χ2v) is 10.0. The number of fused-ring (bicyclic) bond motifs is 1. The first-order chi connectivity index (χ1) is 16.5. The molecule has 1 amide bonds. The molecule has 2 fully saturated rings. The van der Waals surface area contributed by atoms with Gasteiger partial charge in [-0.05, 0) is 56.2 Å². The molecule has 1 aromatic carbocycles. The largest absolute Gasteiger partial charge is 0.480 e. The summed E-state index contributed by atoms with van der Waals surface area (Å²) in [6.45, 7) is 5.19. The van der Waals surface area contributed by atoms with E-state index in [4.69, 9.17) is 9.72 Å². The van der Waals surface area contributed by atoms with Gasteiger partial charge in [-0.1, -0.05) is 46.0 Å². The Balaban J connectivity index is 1.56. The Kier molecular flexibility index (Phi) is 8.24. The minimum atomic E-state index is -0.961. The summed E-state index contributed by atoms with van der Waals surface area (Å²) >= 11 is 0. The summed E-state index contributed by atoms with van der Waals surface area (Å²) in [6, 6.07) is 5.05. The summed E-state index contributed by atoms with van der Waals surface area (Å²) in [5.41, 5.74) is 2.27. The average molecular weight is 470 g/mol. The summed E-state index contributed by atoms with van der Waals surface area (Å²) in [5.74, 6) is 0.0716. The van der Waals surface area contributed by atoms with Crippen LogP contribution < -0.4 is 5.32 Å². The van der Waals surface area contributed by atoms with E-state index in [1.807, 2.05) is 12.1 Å². The molecule has 0 radical (unpaired) electrons. The zero-order valence-corrected chi connectivity index (χ0v) is 20.6. The van der Waals surface area contributed by atoms with E-state index in [1.165, 1.54) is 6.42 Å². The molecule has 2 aliphatic rings. The molecule has 34 heavy (non-hydrogen) atoms. The molecule has 0 bridgehead atoms. The maximum Gasteiger partial charge on any atom is 0.326 e. The molecule has 4 rings (SSSR count). The van der Waals surface area contributed by atoms with Crippen LogP contribution in [0.25, 0.3) is 11.0 Å². The number of nitrogens with zero attached hydrogens (tertiary/aromatic N) is 2. The van der Waals surface area contributed by atoms with E-state index in [0.717, 1.165) is 81.3 Å². The number of rotatable bonds is 10. The fraction of sp³-hybridized carbons (Fsp3) is 0.667. The van der Waals surface area contributed by atoms with Crippen LogP contribution >= 0.6 is 0 Å². The van der Waals surface area contributed by atoms with Crippen molar-refractivity contribution in [1.29, 1.82) is 0 Å². The molecule has 1 aliphatic carbocycles. The average Bonchev–Trinajstić information content (AvgIpc) is 3.48. The Hall–Kier alpha value is -2.41. The monoisotopic (exact) mass is 469 g/mol. The van der Waals surface area contributed by atoms with E-state index in [-0.39, 0.29) is 12.0 Å². The van der Waals surface area contributed by atoms with Gasteiger partial charge < -0.3 is 19.7 Å². The number of hydrogen-bond donors (Lipinski definition) is 2. The van der Waals surface area contributed by atoms with Crippen molar-refractivity contribution in [2.75, 3.05) is 6.61 Å². The molecule has 1 aliphatic heterocycles. The van der Waals surface area contributed by atoms with Crippen molar-refractivity contribution in [1.82, 2.24) is 14.9 Å². The molecular formula is C27H39N3O4. The van der Waals surface area contributed by atoms with Gasteiger partial charge in [-0.15, -0.1) is 0 Å². The number of nitrogens with one attached hydrogen (secondary N) is 1.